The van der Waals surface area contributed by atoms with Gasteiger partial charge in [0.05, 0.1) is 18.7 Å². The molecule has 12 heteroatoms. The highest BCUT2D eigenvalue weighted by Crippen LogP contribution is 2.39. The average molecular weight is 651 g/mol. The number of carbonyl (C=O) groups is 2. The highest BCUT2D eigenvalue weighted by molar-refractivity contribution is 7.15. The Balaban J connectivity index is 0.00000442. The minimum absolute atomic E-state index is 0. The van der Waals surface area contributed by atoms with Gasteiger partial charge in [-0.3, -0.25) is 19.1 Å². The molecule has 1 aliphatic heterocycles. The standard InChI is InChI=1S/C32H32ClN7O2S.ClH/c1-19-20(2)43-32-29(19)30(23-10-12-24(33)13-11-23)37-26(31-39-38-21(3)40(31)32)18-28(42)35-17-5-7-27(41)36-25-14-8-22(9-15-25)6-4-16-34;/h8-15,26H,5,7,16-18,34H2,1-3H3,(H,35,42)(H,36,41);1H. The van der Waals surface area contributed by atoms with E-state index in [2.05, 4.69) is 46.5 Å². The lowest BCUT2D eigenvalue weighted by molar-refractivity contribution is -0.122. The molecular formula is C32H33Cl2N7O2S. The molecule has 0 saturated carbocycles. The zero-order valence-corrected chi connectivity index (χ0v) is 27.0. The van der Waals surface area contributed by atoms with Crippen molar-refractivity contribution in [2.45, 2.75) is 46.1 Å². The van der Waals surface area contributed by atoms with Gasteiger partial charge in [-0.25, -0.2) is 0 Å². The summed E-state index contributed by atoms with van der Waals surface area (Å²) in [6.07, 6.45) is 0.851. The SMILES string of the molecule is Cc1sc2c(c1C)C(c1ccc(Cl)cc1)=NC(CC(=O)NCCCC(=O)Nc1ccc(C#CCN)cc1)c1nnc(C)n1-2.Cl. The molecule has 5 rings (SSSR count). The summed E-state index contributed by atoms with van der Waals surface area (Å²) < 4.78 is 2.02. The Morgan fingerprint density at radius 3 is 2.48 bits per heavy atom. The minimum atomic E-state index is -0.549. The van der Waals surface area contributed by atoms with Crippen LogP contribution in [0.25, 0.3) is 5.00 Å². The Hall–Kier alpha value is -4.01. The van der Waals surface area contributed by atoms with Crippen molar-refractivity contribution >= 4 is 58.6 Å². The molecule has 1 atom stereocenters. The summed E-state index contributed by atoms with van der Waals surface area (Å²) in [4.78, 5) is 31.9. The Labute approximate surface area is 271 Å². The maximum Gasteiger partial charge on any atom is 0.224 e. The number of nitrogens with two attached hydrogens (primary N) is 1. The van der Waals surface area contributed by atoms with Crippen molar-refractivity contribution in [2.75, 3.05) is 18.4 Å². The van der Waals surface area contributed by atoms with Crippen molar-refractivity contribution in [3.8, 4) is 16.8 Å². The van der Waals surface area contributed by atoms with E-state index in [1.807, 2.05) is 47.9 Å². The van der Waals surface area contributed by atoms with E-state index in [-0.39, 0.29) is 37.1 Å². The second-order valence-corrected chi connectivity index (χ2v) is 11.8. The van der Waals surface area contributed by atoms with Gasteiger partial charge in [0.15, 0.2) is 5.82 Å². The van der Waals surface area contributed by atoms with Gasteiger partial charge in [0.2, 0.25) is 11.8 Å². The molecule has 44 heavy (non-hydrogen) atoms. The zero-order chi connectivity index (χ0) is 30.5. The molecule has 0 saturated heterocycles. The molecule has 9 nitrogen and oxygen atoms in total. The summed E-state index contributed by atoms with van der Waals surface area (Å²) in [5, 5.41) is 16.2. The van der Waals surface area contributed by atoms with Crippen LogP contribution >= 0.6 is 35.3 Å². The van der Waals surface area contributed by atoms with Gasteiger partial charge in [-0.15, -0.1) is 33.9 Å². The summed E-state index contributed by atoms with van der Waals surface area (Å²) in [6.45, 7) is 6.74. The highest BCUT2D eigenvalue weighted by atomic mass is 35.5. The molecule has 0 spiro atoms. The van der Waals surface area contributed by atoms with Crippen molar-refractivity contribution in [3.63, 3.8) is 0 Å². The first kappa shape index (κ1) is 32.9. The molecule has 2 aromatic carbocycles. The third-order valence-corrected chi connectivity index (χ3v) is 8.59. The lowest BCUT2D eigenvalue weighted by atomic mass is 9.99. The van der Waals surface area contributed by atoms with Gasteiger partial charge in [-0.1, -0.05) is 35.6 Å². The van der Waals surface area contributed by atoms with E-state index in [4.69, 9.17) is 22.3 Å². The van der Waals surface area contributed by atoms with Crippen LogP contribution in [-0.4, -0.2) is 45.4 Å². The maximum absolute atomic E-state index is 13.1. The van der Waals surface area contributed by atoms with Crippen LogP contribution < -0.4 is 16.4 Å². The number of aromatic nitrogens is 3. The number of nitrogens with one attached hydrogen (secondary N) is 2. The van der Waals surface area contributed by atoms with E-state index in [0.717, 1.165) is 38.8 Å². The smallest absolute Gasteiger partial charge is 0.224 e. The van der Waals surface area contributed by atoms with Crippen molar-refractivity contribution in [2.24, 2.45) is 10.7 Å². The zero-order valence-electron chi connectivity index (χ0n) is 24.6. The van der Waals surface area contributed by atoms with Gasteiger partial charge >= 0.3 is 0 Å². The normalized spacial score (nSPS) is 13.3. The first-order chi connectivity index (χ1) is 20.7. The molecule has 2 amide bonds. The number of hydrogen-bond acceptors (Lipinski definition) is 7. The van der Waals surface area contributed by atoms with Crippen molar-refractivity contribution < 1.29 is 9.59 Å². The number of hydrogen-bond donors (Lipinski definition) is 3. The second-order valence-electron chi connectivity index (χ2n) is 10.2. The fraction of sp³-hybridized carbons (Fsp3) is 0.281. The fourth-order valence-electron chi connectivity index (χ4n) is 4.87. The Morgan fingerprint density at radius 2 is 1.77 bits per heavy atom. The third kappa shape index (κ3) is 7.37. The molecule has 2 aromatic heterocycles. The quantitative estimate of drug-likeness (QED) is 0.173. The van der Waals surface area contributed by atoms with Gasteiger partial charge in [-0.05, 0) is 69.2 Å². The Kier molecular flexibility index (Phi) is 10.9. The largest absolute Gasteiger partial charge is 0.356 e. The number of carbonyl (C=O) groups excluding carboxylic acids is 2. The molecule has 0 radical (unpaired) electrons. The Morgan fingerprint density at radius 1 is 1.05 bits per heavy atom. The van der Waals surface area contributed by atoms with Gasteiger partial charge in [-0.2, -0.15) is 0 Å². The number of aliphatic imine (C=N–C) groups is 1. The number of fused-ring (bicyclic) bond motifs is 3. The van der Waals surface area contributed by atoms with Crippen molar-refractivity contribution in [1.82, 2.24) is 20.1 Å². The first-order valence-corrected chi connectivity index (χ1v) is 15.2. The van der Waals surface area contributed by atoms with E-state index < -0.39 is 6.04 Å². The van der Waals surface area contributed by atoms with Gasteiger partial charge in [0.25, 0.3) is 0 Å². The fourth-order valence-corrected chi connectivity index (χ4v) is 6.21. The van der Waals surface area contributed by atoms with Gasteiger partial charge in [0.1, 0.15) is 16.9 Å². The molecule has 4 aromatic rings. The highest BCUT2D eigenvalue weighted by Gasteiger charge is 2.32. The minimum Gasteiger partial charge on any atom is -0.356 e. The number of benzene rings is 2. The predicted molar refractivity (Wildman–Crippen MR) is 178 cm³/mol. The number of thiophene rings is 1. The van der Waals surface area contributed by atoms with Crippen LogP contribution in [0.4, 0.5) is 5.69 Å². The third-order valence-electron chi connectivity index (χ3n) is 7.14. The van der Waals surface area contributed by atoms with Crippen LogP contribution in [0.3, 0.4) is 0 Å². The number of halogens is 2. The van der Waals surface area contributed by atoms with E-state index in [0.29, 0.717) is 36.0 Å². The number of nitrogens with zero attached hydrogens (tertiary/aromatic N) is 4. The van der Waals surface area contributed by atoms with Crippen LogP contribution in [0.15, 0.2) is 53.5 Å². The second kappa shape index (κ2) is 14.6. The lowest BCUT2D eigenvalue weighted by Crippen LogP contribution is -2.27. The summed E-state index contributed by atoms with van der Waals surface area (Å²) in [7, 11) is 0. The average Bonchev–Trinajstić information content (AvgIpc) is 3.47. The molecule has 1 unspecified atom stereocenters. The molecule has 0 aliphatic carbocycles. The molecular weight excluding hydrogens is 617 g/mol. The van der Waals surface area contributed by atoms with Crippen LogP contribution in [0.1, 0.15) is 64.1 Å². The molecule has 0 bridgehead atoms. The van der Waals surface area contributed by atoms with Crippen LogP contribution in [0.2, 0.25) is 5.02 Å². The monoisotopic (exact) mass is 649 g/mol. The number of rotatable bonds is 8. The van der Waals surface area contributed by atoms with E-state index in [1.54, 1.807) is 23.5 Å². The first-order valence-electron chi connectivity index (χ1n) is 14.0. The van der Waals surface area contributed by atoms with E-state index >= 15 is 0 Å². The maximum atomic E-state index is 13.1. The van der Waals surface area contributed by atoms with Crippen LogP contribution in [0, 0.1) is 32.6 Å². The molecule has 228 valence electrons. The summed E-state index contributed by atoms with van der Waals surface area (Å²) in [5.41, 5.74) is 10.8. The van der Waals surface area contributed by atoms with Crippen LogP contribution in [-0.2, 0) is 9.59 Å². The Bertz CT molecular complexity index is 1750. The predicted octanol–water partition coefficient (Wildman–Crippen LogP) is 5.46. The molecule has 3 heterocycles. The molecule has 1 aliphatic rings. The molecule has 4 N–H and O–H groups in total. The number of aryl methyl sites for hydroxylation is 2. The van der Waals surface area contributed by atoms with E-state index in [9.17, 15) is 9.59 Å². The number of amides is 2. The molecule has 0 fully saturated rings. The summed E-state index contributed by atoms with van der Waals surface area (Å²) in [6, 6.07) is 14.3. The van der Waals surface area contributed by atoms with Crippen LogP contribution in [0.5, 0.6) is 0 Å². The van der Waals surface area contributed by atoms with Crippen molar-refractivity contribution in [1.29, 1.82) is 0 Å². The number of anilines is 1. The lowest BCUT2D eigenvalue weighted by Gasteiger charge is -2.13. The van der Waals surface area contributed by atoms with E-state index in [1.165, 1.54) is 4.88 Å². The van der Waals surface area contributed by atoms with Gasteiger partial charge < -0.3 is 16.4 Å². The van der Waals surface area contributed by atoms with Crippen molar-refractivity contribution in [3.05, 3.63) is 92.3 Å². The summed E-state index contributed by atoms with van der Waals surface area (Å²) in [5.74, 6) is 6.80. The summed E-state index contributed by atoms with van der Waals surface area (Å²) >= 11 is 7.85. The van der Waals surface area contributed by atoms with Gasteiger partial charge in [0, 0.05) is 45.2 Å². The topological polar surface area (TPSA) is 127 Å².